The number of rotatable bonds is 4. The number of H-pyrrole nitrogens is 1. The molecule has 0 unspecified atom stereocenters. The number of hydrogen-bond acceptors (Lipinski definition) is 2. The van der Waals surface area contributed by atoms with Gasteiger partial charge in [0.05, 0.1) is 5.69 Å². The van der Waals surface area contributed by atoms with E-state index in [1.165, 1.54) is 18.2 Å². The van der Waals surface area contributed by atoms with Crippen LogP contribution in [0.3, 0.4) is 0 Å². The summed E-state index contributed by atoms with van der Waals surface area (Å²) >= 11 is 0. The van der Waals surface area contributed by atoms with Gasteiger partial charge in [0, 0.05) is 17.0 Å². The molecule has 4 rings (SSSR count). The number of hydrogen-bond donors (Lipinski definition) is 2. The number of amides is 1. The predicted molar refractivity (Wildman–Crippen MR) is 91.9 cm³/mol. The van der Waals surface area contributed by atoms with Crippen LogP contribution in [0.15, 0.2) is 36.4 Å². The zero-order valence-corrected chi connectivity index (χ0v) is 13.2. The van der Waals surface area contributed by atoms with Crippen molar-refractivity contribution < 1.29 is 13.6 Å². The molecule has 0 saturated heterocycles. The number of aromatic amines is 1. The van der Waals surface area contributed by atoms with Gasteiger partial charge in [-0.05, 0) is 48.7 Å². The fourth-order valence-electron chi connectivity index (χ4n) is 2.64. The van der Waals surface area contributed by atoms with E-state index in [-0.39, 0.29) is 28.8 Å². The molecular weight excluding hydrogens is 324 g/mol. The fraction of sp³-hybridized carbons (Fsp3) is 0.158. The molecule has 1 heterocycles. The van der Waals surface area contributed by atoms with E-state index < -0.39 is 5.82 Å². The summed E-state index contributed by atoms with van der Waals surface area (Å²) in [5.74, 6) is -1.17. The lowest BCUT2D eigenvalue weighted by Crippen LogP contribution is -2.25. The van der Waals surface area contributed by atoms with Gasteiger partial charge in [-0.1, -0.05) is 18.2 Å². The molecule has 1 amide bonds. The van der Waals surface area contributed by atoms with Crippen molar-refractivity contribution in [1.29, 1.82) is 0 Å². The second-order valence-corrected chi connectivity index (χ2v) is 6.13. The minimum atomic E-state index is -0.555. The van der Waals surface area contributed by atoms with Gasteiger partial charge >= 0.3 is 0 Å². The first kappa shape index (κ1) is 15.5. The molecule has 4 nitrogen and oxygen atoms in total. The highest BCUT2D eigenvalue weighted by atomic mass is 19.1. The Morgan fingerprint density at radius 2 is 2.04 bits per heavy atom. The Kier molecular flexibility index (Phi) is 3.80. The zero-order valence-electron chi connectivity index (χ0n) is 13.2. The Morgan fingerprint density at radius 1 is 1.20 bits per heavy atom. The second kappa shape index (κ2) is 6.12. The second-order valence-electron chi connectivity index (χ2n) is 6.13. The van der Waals surface area contributed by atoms with Crippen molar-refractivity contribution in [2.45, 2.75) is 18.9 Å². The van der Waals surface area contributed by atoms with E-state index >= 15 is 0 Å². The van der Waals surface area contributed by atoms with Crippen molar-refractivity contribution in [3.8, 4) is 0 Å². The summed E-state index contributed by atoms with van der Waals surface area (Å²) in [6, 6.07) is 9.13. The number of fused-ring (bicyclic) bond motifs is 1. The summed E-state index contributed by atoms with van der Waals surface area (Å²) < 4.78 is 27.5. The molecule has 1 aliphatic rings. The summed E-state index contributed by atoms with van der Waals surface area (Å²) in [4.78, 5) is 12.2. The zero-order chi connectivity index (χ0) is 17.4. The predicted octanol–water partition coefficient (Wildman–Crippen LogP) is 3.90. The van der Waals surface area contributed by atoms with Crippen LogP contribution >= 0.6 is 0 Å². The molecule has 1 saturated carbocycles. The quantitative estimate of drug-likeness (QED) is 0.757. The Hall–Kier alpha value is -3.02. The van der Waals surface area contributed by atoms with Crippen LogP contribution in [-0.2, 0) is 0 Å². The summed E-state index contributed by atoms with van der Waals surface area (Å²) in [6.07, 6.45) is 5.31. The number of carbonyl (C=O) groups excluding carboxylic acids is 1. The normalized spacial score (nSPS) is 14.3. The van der Waals surface area contributed by atoms with Crippen LogP contribution in [0.1, 0.15) is 34.5 Å². The number of nitrogens with zero attached hydrogens (tertiary/aromatic N) is 1. The molecule has 0 bridgehead atoms. The van der Waals surface area contributed by atoms with Gasteiger partial charge < -0.3 is 5.32 Å². The molecule has 1 fully saturated rings. The van der Waals surface area contributed by atoms with Crippen LogP contribution in [0.5, 0.6) is 0 Å². The van der Waals surface area contributed by atoms with Crippen LogP contribution in [0.2, 0.25) is 0 Å². The Morgan fingerprint density at radius 3 is 2.80 bits per heavy atom. The Balaban J connectivity index is 1.69. The van der Waals surface area contributed by atoms with E-state index in [0.29, 0.717) is 16.6 Å². The molecule has 0 aliphatic heterocycles. The fourth-order valence-corrected chi connectivity index (χ4v) is 2.64. The van der Waals surface area contributed by atoms with Crippen LogP contribution in [0.4, 0.5) is 8.78 Å². The van der Waals surface area contributed by atoms with Crippen molar-refractivity contribution in [2.75, 3.05) is 0 Å². The van der Waals surface area contributed by atoms with Crippen LogP contribution in [-0.4, -0.2) is 22.1 Å². The third kappa shape index (κ3) is 3.28. The number of benzene rings is 2. The summed E-state index contributed by atoms with van der Waals surface area (Å²) in [5.41, 5.74) is 1.66. The van der Waals surface area contributed by atoms with Crippen molar-refractivity contribution >= 4 is 29.0 Å². The van der Waals surface area contributed by atoms with Crippen LogP contribution < -0.4 is 5.32 Å². The van der Waals surface area contributed by atoms with E-state index in [1.54, 1.807) is 30.4 Å². The van der Waals surface area contributed by atoms with Crippen molar-refractivity contribution in [3.05, 3.63) is 64.9 Å². The molecule has 0 radical (unpaired) electrons. The van der Waals surface area contributed by atoms with Crippen molar-refractivity contribution in [3.63, 3.8) is 0 Å². The first-order chi connectivity index (χ1) is 12.1. The molecule has 0 spiro atoms. The molecule has 1 aliphatic carbocycles. The third-order valence-corrected chi connectivity index (χ3v) is 4.11. The van der Waals surface area contributed by atoms with Gasteiger partial charge in [-0.25, -0.2) is 8.78 Å². The molecule has 3 aromatic rings. The van der Waals surface area contributed by atoms with Crippen LogP contribution in [0, 0.1) is 11.6 Å². The topological polar surface area (TPSA) is 57.8 Å². The van der Waals surface area contributed by atoms with E-state index in [1.807, 2.05) is 0 Å². The first-order valence-corrected chi connectivity index (χ1v) is 8.02. The number of nitrogens with one attached hydrogen (secondary N) is 2. The van der Waals surface area contributed by atoms with E-state index in [9.17, 15) is 13.6 Å². The molecule has 2 aromatic carbocycles. The Bertz CT molecular complexity index is 989. The maximum absolute atomic E-state index is 14.3. The Labute approximate surface area is 142 Å². The highest BCUT2D eigenvalue weighted by molar-refractivity contribution is 6.00. The monoisotopic (exact) mass is 339 g/mol. The summed E-state index contributed by atoms with van der Waals surface area (Å²) in [5, 5.41) is 10.1. The van der Waals surface area contributed by atoms with Gasteiger partial charge in [-0.3, -0.25) is 9.89 Å². The van der Waals surface area contributed by atoms with Gasteiger partial charge in [0.25, 0.3) is 5.91 Å². The maximum Gasteiger partial charge on any atom is 0.251 e. The van der Waals surface area contributed by atoms with Gasteiger partial charge in [0.1, 0.15) is 11.3 Å². The maximum atomic E-state index is 14.3. The molecule has 0 atom stereocenters. The van der Waals surface area contributed by atoms with Gasteiger partial charge in [0.15, 0.2) is 5.82 Å². The number of aromatic nitrogens is 2. The molecule has 1 aromatic heterocycles. The minimum Gasteiger partial charge on any atom is -0.349 e. The molecule has 2 N–H and O–H groups in total. The van der Waals surface area contributed by atoms with Gasteiger partial charge in [-0.2, -0.15) is 5.10 Å². The summed E-state index contributed by atoms with van der Waals surface area (Å²) in [6.45, 7) is 0. The summed E-state index contributed by atoms with van der Waals surface area (Å²) in [7, 11) is 0. The van der Waals surface area contributed by atoms with Crippen LogP contribution in [0.25, 0.3) is 23.1 Å². The van der Waals surface area contributed by atoms with Crippen molar-refractivity contribution in [2.24, 2.45) is 0 Å². The van der Waals surface area contributed by atoms with Gasteiger partial charge in [-0.15, -0.1) is 0 Å². The molecular formula is C19H15F2N3O. The van der Waals surface area contributed by atoms with E-state index in [4.69, 9.17) is 0 Å². The number of halogens is 2. The lowest BCUT2D eigenvalue weighted by molar-refractivity contribution is 0.0951. The van der Waals surface area contributed by atoms with E-state index in [2.05, 4.69) is 15.5 Å². The smallest absolute Gasteiger partial charge is 0.251 e. The third-order valence-electron chi connectivity index (χ3n) is 4.11. The highest BCUT2D eigenvalue weighted by Crippen LogP contribution is 2.24. The van der Waals surface area contributed by atoms with Gasteiger partial charge in [0.2, 0.25) is 0 Å². The molecule has 6 heteroatoms. The minimum absolute atomic E-state index is 0.168. The molecule has 25 heavy (non-hydrogen) atoms. The lowest BCUT2D eigenvalue weighted by Gasteiger charge is -2.04. The highest BCUT2D eigenvalue weighted by Gasteiger charge is 2.24. The number of carbonyl (C=O) groups is 1. The first-order valence-electron chi connectivity index (χ1n) is 8.02. The molecule has 126 valence electrons. The lowest BCUT2D eigenvalue weighted by atomic mass is 10.1. The average Bonchev–Trinajstić information content (AvgIpc) is 3.30. The average molecular weight is 339 g/mol. The van der Waals surface area contributed by atoms with Crippen molar-refractivity contribution in [1.82, 2.24) is 15.5 Å². The largest absolute Gasteiger partial charge is 0.349 e. The van der Waals surface area contributed by atoms with E-state index in [0.717, 1.165) is 12.8 Å². The standard InChI is InChI=1S/C19H15F2N3O/c20-13-3-1-2-11(8-13)4-7-17-15-9-12(19(25)22-14-5-6-14)10-16(21)18(15)24-23-17/h1-4,7-10,14H,5-6H2,(H,22,25)(H,23,24)/b7-4+. The SMILES string of the molecule is O=C(NC1CC1)c1cc(F)c2n[nH]c(/C=C/c3cccc(F)c3)c2c1.